The van der Waals surface area contributed by atoms with Crippen LogP contribution >= 0.6 is 27.3 Å². The zero-order valence-corrected chi connectivity index (χ0v) is 15.1. The van der Waals surface area contributed by atoms with Crippen molar-refractivity contribution in [3.63, 3.8) is 0 Å². The second-order valence-corrected chi connectivity index (χ2v) is 7.00. The first kappa shape index (κ1) is 16.5. The van der Waals surface area contributed by atoms with Crippen LogP contribution in [0.5, 0.6) is 5.75 Å². The number of thiazole rings is 1. The molecule has 2 aromatic rings. The summed E-state index contributed by atoms with van der Waals surface area (Å²) in [6, 6.07) is 6.15. The van der Waals surface area contributed by atoms with Crippen molar-refractivity contribution in [2.75, 3.05) is 6.54 Å². The van der Waals surface area contributed by atoms with Crippen molar-refractivity contribution < 1.29 is 4.74 Å². The summed E-state index contributed by atoms with van der Waals surface area (Å²) < 4.78 is 7.04. The average Bonchev–Trinajstić information content (AvgIpc) is 2.91. The first-order valence-corrected chi connectivity index (χ1v) is 8.83. The molecule has 0 bridgehead atoms. The van der Waals surface area contributed by atoms with E-state index in [1.165, 1.54) is 5.56 Å². The summed E-state index contributed by atoms with van der Waals surface area (Å²) in [6.45, 7) is 8.75. The summed E-state index contributed by atoms with van der Waals surface area (Å²) in [4.78, 5) is 4.58. The van der Waals surface area contributed by atoms with Crippen LogP contribution in [0.25, 0.3) is 0 Å². The Kier molecular flexibility index (Phi) is 6.21. The molecule has 1 aromatic heterocycles. The summed E-state index contributed by atoms with van der Waals surface area (Å²) in [7, 11) is 0. The van der Waals surface area contributed by atoms with Gasteiger partial charge in [0.2, 0.25) is 0 Å². The second kappa shape index (κ2) is 7.92. The molecule has 0 fully saturated rings. The number of ether oxygens (including phenoxy) is 1. The van der Waals surface area contributed by atoms with Crippen molar-refractivity contribution in [1.29, 1.82) is 0 Å². The molecule has 0 atom stereocenters. The predicted octanol–water partition coefficient (Wildman–Crippen LogP) is 4.72. The van der Waals surface area contributed by atoms with Crippen LogP contribution in [-0.4, -0.2) is 11.5 Å². The second-order valence-electron chi connectivity index (χ2n) is 5.14. The molecule has 0 amide bonds. The van der Waals surface area contributed by atoms with Gasteiger partial charge in [0, 0.05) is 16.4 Å². The van der Waals surface area contributed by atoms with Gasteiger partial charge < -0.3 is 10.1 Å². The van der Waals surface area contributed by atoms with E-state index in [4.69, 9.17) is 4.74 Å². The smallest absolute Gasteiger partial charge is 0.131 e. The number of aromatic nitrogens is 1. The highest BCUT2D eigenvalue weighted by Gasteiger charge is 2.10. The maximum absolute atomic E-state index is 5.96. The lowest BCUT2D eigenvalue weighted by Gasteiger charge is -2.13. The van der Waals surface area contributed by atoms with Gasteiger partial charge in [-0.3, -0.25) is 0 Å². The molecule has 21 heavy (non-hydrogen) atoms. The first-order chi connectivity index (χ1) is 10.1. The van der Waals surface area contributed by atoms with Gasteiger partial charge in [-0.05, 0) is 36.2 Å². The molecular weight excluding hydrogens is 348 g/mol. The van der Waals surface area contributed by atoms with Gasteiger partial charge in [0.25, 0.3) is 0 Å². The monoisotopic (exact) mass is 368 g/mol. The highest BCUT2D eigenvalue weighted by atomic mass is 79.9. The van der Waals surface area contributed by atoms with E-state index in [1.54, 1.807) is 11.3 Å². The molecule has 114 valence electrons. The number of hydrogen-bond donors (Lipinski definition) is 1. The van der Waals surface area contributed by atoms with Crippen LogP contribution in [0, 0.1) is 0 Å². The summed E-state index contributed by atoms with van der Waals surface area (Å²) >= 11 is 5.19. The molecular formula is C16H21BrN2OS. The van der Waals surface area contributed by atoms with E-state index in [-0.39, 0.29) is 0 Å². The van der Waals surface area contributed by atoms with Gasteiger partial charge in [-0.15, -0.1) is 11.3 Å². The molecule has 0 spiro atoms. The summed E-state index contributed by atoms with van der Waals surface area (Å²) in [5.74, 6) is 1.37. The Hall–Kier alpha value is -0.910. The van der Waals surface area contributed by atoms with E-state index in [9.17, 15) is 0 Å². The van der Waals surface area contributed by atoms with Crippen molar-refractivity contribution in [1.82, 2.24) is 10.3 Å². The van der Waals surface area contributed by atoms with Gasteiger partial charge in [-0.1, -0.05) is 36.7 Å². The van der Waals surface area contributed by atoms with Gasteiger partial charge in [0.15, 0.2) is 0 Å². The molecule has 5 heteroatoms. The Labute approximate surface area is 138 Å². The Morgan fingerprint density at radius 3 is 2.90 bits per heavy atom. The van der Waals surface area contributed by atoms with Crippen molar-refractivity contribution >= 4 is 27.3 Å². The SMILES string of the molecule is CCNCc1nc(COc2ccc(Br)cc2C(C)C)cs1. The van der Waals surface area contributed by atoms with Gasteiger partial charge >= 0.3 is 0 Å². The van der Waals surface area contributed by atoms with Gasteiger partial charge in [0.1, 0.15) is 17.4 Å². The highest BCUT2D eigenvalue weighted by Crippen LogP contribution is 2.30. The van der Waals surface area contributed by atoms with Crippen molar-refractivity contribution in [3.8, 4) is 5.75 Å². The standard InChI is InChI=1S/C16H21BrN2OS/c1-4-18-8-16-19-13(10-21-16)9-20-15-6-5-12(17)7-14(15)11(2)3/h5-7,10-11,18H,4,8-9H2,1-3H3. The topological polar surface area (TPSA) is 34.2 Å². The maximum Gasteiger partial charge on any atom is 0.131 e. The zero-order valence-electron chi connectivity index (χ0n) is 12.6. The number of hydrogen-bond acceptors (Lipinski definition) is 4. The number of benzene rings is 1. The van der Waals surface area contributed by atoms with E-state index in [2.05, 4.69) is 58.4 Å². The molecule has 2 rings (SSSR count). The molecule has 3 nitrogen and oxygen atoms in total. The van der Waals surface area contributed by atoms with Crippen LogP contribution in [0.1, 0.15) is 43.0 Å². The van der Waals surface area contributed by atoms with Crippen LogP contribution in [0.2, 0.25) is 0 Å². The zero-order chi connectivity index (χ0) is 15.2. The molecule has 0 aliphatic heterocycles. The Balaban J connectivity index is 2.01. The van der Waals surface area contributed by atoms with Gasteiger partial charge in [0.05, 0.1) is 5.69 Å². The fourth-order valence-corrected chi connectivity index (χ4v) is 3.11. The van der Waals surface area contributed by atoms with E-state index >= 15 is 0 Å². The lowest BCUT2D eigenvalue weighted by Crippen LogP contribution is -2.11. The third-order valence-corrected chi connectivity index (χ3v) is 4.49. The molecule has 1 heterocycles. The average molecular weight is 369 g/mol. The van der Waals surface area contributed by atoms with E-state index in [0.29, 0.717) is 12.5 Å². The quantitative estimate of drug-likeness (QED) is 0.767. The molecule has 0 saturated heterocycles. The fourth-order valence-electron chi connectivity index (χ4n) is 1.98. The highest BCUT2D eigenvalue weighted by molar-refractivity contribution is 9.10. The lowest BCUT2D eigenvalue weighted by molar-refractivity contribution is 0.297. The first-order valence-electron chi connectivity index (χ1n) is 7.16. The minimum absolute atomic E-state index is 0.428. The van der Waals surface area contributed by atoms with Crippen molar-refractivity contribution in [2.45, 2.75) is 39.8 Å². The summed E-state index contributed by atoms with van der Waals surface area (Å²) in [6.07, 6.45) is 0. The van der Waals surface area contributed by atoms with Crippen LogP contribution in [0.4, 0.5) is 0 Å². The maximum atomic E-state index is 5.96. The molecule has 0 aliphatic carbocycles. The number of nitrogens with one attached hydrogen (secondary N) is 1. The molecule has 1 aromatic carbocycles. The van der Waals surface area contributed by atoms with E-state index < -0.39 is 0 Å². The van der Waals surface area contributed by atoms with Gasteiger partial charge in [-0.2, -0.15) is 0 Å². The van der Waals surface area contributed by atoms with Crippen LogP contribution in [-0.2, 0) is 13.2 Å². The molecule has 0 saturated carbocycles. The fraction of sp³-hybridized carbons (Fsp3) is 0.438. The van der Waals surface area contributed by atoms with Crippen LogP contribution < -0.4 is 10.1 Å². The van der Waals surface area contributed by atoms with E-state index in [0.717, 1.165) is 34.0 Å². The lowest BCUT2D eigenvalue weighted by atomic mass is 10.0. The van der Waals surface area contributed by atoms with Crippen molar-refractivity contribution in [2.24, 2.45) is 0 Å². The molecule has 0 unspecified atom stereocenters. The minimum Gasteiger partial charge on any atom is -0.487 e. The van der Waals surface area contributed by atoms with Crippen LogP contribution in [0.15, 0.2) is 28.1 Å². The molecule has 0 radical (unpaired) electrons. The molecule has 0 aliphatic rings. The summed E-state index contributed by atoms with van der Waals surface area (Å²) in [5, 5.41) is 6.46. The van der Waals surface area contributed by atoms with E-state index in [1.807, 2.05) is 12.1 Å². The molecule has 1 N–H and O–H groups in total. The van der Waals surface area contributed by atoms with Crippen LogP contribution in [0.3, 0.4) is 0 Å². The Morgan fingerprint density at radius 2 is 2.19 bits per heavy atom. The number of nitrogens with zero attached hydrogens (tertiary/aromatic N) is 1. The summed E-state index contributed by atoms with van der Waals surface area (Å²) in [5.41, 5.74) is 2.21. The van der Waals surface area contributed by atoms with Crippen molar-refractivity contribution in [3.05, 3.63) is 44.3 Å². The minimum atomic E-state index is 0.428. The Morgan fingerprint density at radius 1 is 1.38 bits per heavy atom. The largest absolute Gasteiger partial charge is 0.487 e. The third-order valence-electron chi connectivity index (χ3n) is 3.09. The third kappa shape index (κ3) is 4.80. The normalized spacial score (nSPS) is 11.1. The Bertz CT molecular complexity index is 583. The number of rotatable bonds is 7. The number of halogens is 1. The predicted molar refractivity (Wildman–Crippen MR) is 92.1 cm³/mol. The van der Waals surface area contributed by atoms with Gasteiger partial charge in [-0.25, -0.2) is 4.98 Å².